The highest BCUT2D eigenvalue weighted by molar-refractivity contribution is 5.08. The number of hydrogen-bond donors (Lipinski definition) is 1. The normalized spacial score (nSPS) is 11.1. The van der Waals surface area contributed by atoms with E-state index in [-0.39, 0.29) is 0 Å². The van der Waals surface area contributed by atoms with Crippen LogP contribution in [-0.2, 0) is 12.8 Å². The first-order chi connectivity index (χ1) is 6.24. The van der Waals surface area contributed by atoms with Crippen LogP contribution in [0.4, 0.5) is 0 Å². The summed E-state index contributed by atoms with van der Waals surface area (Å²) >= 11 is 0. The Morgan fingerprint density at radius 2 is 1.85 bits per heavy atom. The van der Waals surface area contributed by atoms with Crippen molar-refractivity contribution in [2.45, 2.75) is 12.8 Å². The van der Waals surface area contributed by atoms with Gasteiger partial charge in [-0.1, -0.05) is 10.3 Å². The molecule has 0 amide bonds. The Morgan fingerprint density at radius 1 is 1.23 bits per heavy atom. The van der Waals surface area contributed by atoms with Crippen molar-refractivity contribution in [2.24, 2.45) is 5.73 Å². The van der Waals surface area contributed by atoms with Crippen molar-refractivity contribution >= 4 is 0 Å². The van der Waals surface area contributed by atoms with Gasteiger partial charge in [-0.15, -0.1) is 0 Å². The summed E-state index contributed by atoms with van der Waals surface area (Å²) < 4.78 is 4.66. The molecule has 0 unspecified atom stereocenters. The Labute approximate surface area is 77.9 Å². The summed E-state index contributed by atoms with van der Waals surface area (Å²) in [5.41, 5.74) is 7.25. The maximum atomic E-state index is 5.42. The standard InChI is InChI=1S/C8H16N4O/c1-12(2)6-4-8-7(3-5-9)10-13-11-8/h3-6,9H2,1-2H3. The molecule has 0 aliphatic heterocycles. The molecule has 0 saturated heterocycles. The van der Waals surface area contributed by atoms with Crippen LogP contribution in [0.25, 0.3) is 0 Å². The first kappa shape index (κ1) is 10.1. The molecule has 0 radical (unpaired) electrons. The van der Waals surface area contributed by atoms with E-state index < -0.39 is 0 Å². The predicted molar refractivity (Wildman–Crippen MR) is 49.3 cm³/mol. The van der Waals surface area contributed by atoms with Gasteiger partial charge in [-0.05, 0) is 20.6 Å². The predicted octanol–water partition coefficient (Wildman–Crippen LogP) is -0.325. The molecule has 5 heteroatoms. The lowest BCUT2D eigenvalue weighted by molar-refractivity contribution is 0.298. The van der Waals surface area contributed by atoms with Gasteiger partial charge in [-0.2, -0.15) is 0 Å². The molecule has 0 aromatic carbocycles. The van der Waals surface area contributed by atoms with Gasteiger partial charge in [0.15, 0.2) is 0 Å². The molecule has 0 bridgehead atoms. The van der Waals surface area contributed by atoms with Gasteiger partial charge in [0.1, 0.15) is 11.4 Å². The van der Waals surface area contributed by atoms with Crippen LogP contribution in [-0.4, -0.2) is 42.4 Å². The third-order valence-corrected chi connectivity index (χ3v) is 1.81. The SMILES string of the molecule is CN(C)CCc1nonc1CCN. The Kier molecular flexibility index (Phi) is 3.85. The van der Waals surface area contributed by atoms with Gasteiger partial charge in [0.2, 0.25) is 0 Å². The number of nitrogens with zero attached hydrogens (tertiary/aromatic N) is 3. The number of nitrogens with two attached hydrogens (primary N) is 1. The van der Waals surface area contributed by atoms with Crippen LogP contribution >= 0.6 is 0 Å². The first-order valence-corrected chi connectivity index (χ1v) is 4.39. The molecule has 13 heavy (non-hydrogen) atoms. The van der Waals surface area contributed by atoms with Crippen LogP contribution in [0.5, 0.6) is 0 Å². The van der Waals surface area contributed by atoms with Gasteiger partial charge in [0, 0.05) is 19.4 Å². The number of rotatable bonds is 5. The van der Waals surface area contributed by atoms with Crippen LogP contribution in [0, 0.1) is 0 Å². The van der Waals surface area contributed by atoms with Crippen molar-refractivity contribution in [3.05, 3.63) is 11.4 Å². The Hall–Kier alpha value is -0.940. The molecular formula is C8H16N4O. The number of likely N-dealkylation sites (N-methyl/N-ethyl adjacent to an activating group) is 1. The Morgan fingerprint density at radius 3 is 2.38 bits per heavy atom. The average molecular weight is 184 g/mol. The topological polar surface area (TPSA) is 68.2 Å². The maximum Gasteiger partial charge on any atom is 0.109 e. The molecule has 0 spiro atoms. The second-order valence-electron chi connectivity index (χ2n) is 3.25. The van der Waals surface area contributed by atoms with Gasteiger partial charge in [0.25, 0.3) is 0 Å². The molecule has 0 aliphatic rings. The summed E-state index contributed by atoms with van der Waals surface area (Å²) in [4.78, 5) is 2.10. The molecule has 74 valence electrons. The molecular weight excluding hydrogens is 168 g/mol. The molecule has 1 aromatic heterocycles. The molecule has 0 fully saturated rings. The molecule has 0 atom stereocenters. The highest BCUT2D eigenvalue weighted by Gasteiger charge is 2.08. The van der Waals surface area contributed by atoms with Gasteiger partial charge in [-0.3, -0.25) is 0 Å². The molecule has 0 aliphatic carbocycles. The van der Waals surface area contributed by atoms with E-state index in [1.165, 1.54) is 0 Å². The van der Waals surface area contributed by atoms with E-state index >= 15 is 0 Å². The van der Waals surface area contributed by atoms with Crippen molar-refractivity contribution < 1.29 is 4.63 Å². The highest BCUT2D eigenvalue weighted by atomic mass is 16.6. The lowest BCUT2D eigenvalue weighted by Crippen LogP contribution is -2.16. The number of hydrogen-bond acceptors (Lipinski definition) is 5. The van der Waals surface area contributed by atoms with Gasteiger partial charge >= 0.3 is 0 Å². The van der Waals surface area contributed by atoms with Crippen LogP contribution in [0.1, 0.15) is 11.4 Å². The molecule has 1 rings (SSSR count). The molecule has 0 saturated carbocycles. The van der Waals surface area contributed by atoms with Crippen molar-refractivity contribution in [1.29, 1.82) is 0 Å². The average Bonchev–Trinajstić information content (AvgIpc) is 2.49. The maximum absolute atomic E-state index is 5.42. The van der Waals surface area contributed by atoms with Crippen molar-refractivity contribution in [3.63, 3.8) is 0 Å². The van der Waals surface area contributed by atoms with Gasteiger partial charge in [0.05, 0.1) is 0 Å². The van der Waals surface area contributed by atoms with Crippen molar-refractivity contribution in [1.82, 2.24) is 15.2 Å². The van der Waals surface area contributed by atoms with Gasteiger partial charge in [-0.25, -0.2) is 4.63 Å². The molecule has 5 nitrogen and oxygen atoms in total. The third-order valence-electron chi connectivity index (χ3n) is 1.81. The monoisotopic (exact) mass is 184 g/mol. The summed E-state index contributed by atoms with van der Waals surface area (Å²) in [5, 5.41) is 7.64. The summed E-state index contributed by atoms with van der Waals surface area (Å²) in [6.07, 6.45) is 1.61. The smallest absolute Gasteiger partial charge is 0.109 e. The van der Waals surface area contributed by atoms with Crippen molar-refractivity contribution in [3.8, 4) is 0 Å². The fourth-order valence-corrected chi connectivity index (χ4v) is 1.07. The lowest BCUT2D eigenvalue weighted by Gasteiger charge is -2.06. The Bertz CT molecular complexity index is 246. The second kappa shape index (κ2) is 4.94. The number of aromatic nitrogens is 2. The fraction of sp³-hybridized carbons (Fsp3) is 0.750. The van der Waals surface area contributed by atoms with Gasteiger partial charge < -0.3 is 10.6 Å². The largest absolute Gasteiger partial charge is 0.330 e. The van der Waals surface area contributed by atoms with E-state index in [2.05, 4.69) is 19.8 Å². The van der Waals surface area contributed by atoms with E-state index in [1.54, 1.807) is 0 Å². The molecule has 1 aromatic rings. The zero-order chi connectivity index (χ0) is 9.68. The summed E-state index contributed by atoms with van der Waals surface area (Å²) in [6.45, 7) is 1.54. The van der Waals surface area contributed by atoms with Crippen LogP contribution in [0.2, 0.25) is 0 Å². The van der Waals surface area contributed by atoms with E-state index in [1.807, 2.05) is 14.1 Å². The minimum absolute atomic E-state index is 0.586. The quantitative estimate of drug-likeness (QED) is 0.679. The highest BCUT2D eigenvalue weighted by Crippen LogP contribution is 2.04. The summed E-state index contributed by atoms with van der Waals surface area (Å²) in [5.74, 6) is 0. The third kappa shape index (κ3) is 3.12. The van der Waals surface area contributed by atoms with E-state index in [0.29, 0.717) is 6.54 Å². The zero-order valence-electron chi connectivity index (χ0n) is 8.16. The van der Waals surface area contributed by atoms with E-state index in [9.17, 15) is 0 Å². The fourth-order valence-electron chi connectivity index (χ4n) is 1.07. The van der Waals surface area contributed by atoms with E-state index in [0.717, 1.165) is 30.8 Å². The minimum Gasteiger partial charge on any atom is -0.330 e. The van der Waals surface area contributed by atoms with Crippen molar-refractivity contribution in [2.75, 3.05) is 27.2 Å². The molecule has 2 N–H and O–H groups in total. The van der Waals surface area contributed by atoms with Crippen LogP contribution in [0.15, 0.2) is 4.63 Å². The Balaban J connectivity index is 2.49. The molecule has 1 heterocycles. The van der Waals surface area contributed by atoms with Crippen LogP contribution < -0.4 is 5.73 Å². The zero-order valence-corrected chi connectivity index (χ0v) is 8.16. The van der Waals surface area contributed by atoms with Crippen LogP contribution in [0.3, 0.4) is 0 Å². The minimum atomic E-state index is 0.586. The summed E-state index contributed by atoms with van der Waals surface area (Å²) in [6, 6.07) is 0. The summed E-state index contributed by atoms with van der Waals surface area (Å²) in [7, 11) is 4.05. The van der Waals surface area contributed by atoms with E-state index in [4.69, 9.17) is 5.73 Å². The second-order valence-corrected chi connectivity index (χ2v) is 3.25. The lowest BCUT2D eigenvalue weighted by atomic mass is 10.2. The first-order valence-electron chi connectivity index (χ1n) is 4.39.